The van der Waals surface area contributed by atoms with Crippen molar-refractivity contribution >= 4 is 39.9 Å². The Hall–Kier alpha value is -2.54. The normalized spacial score (nSPS) is 10.2. The van der Waals surface area contributed by atoms with Gasteiger partial charge in [0, 0.05) is 27.1 Å². The van der Waals surface area contributed by atoms with E-state index in [9.17, 15) is 4.79 Å². The summed E-state index contributed by atoms with van der Waals surface area (Å²) >= 11 is 2.23. The Balaban J connectivity index is 1.56. The third-order valence-corrected chi connectivity index (χ3v) is 4.44. The minimum absolute atomic E-state index is 0.0334. The molecule has 4 nitrogen and oxygen atoms in total. The van der Waals surface area contributed by atoms with E-state index in [1.54, 1.807) is 0 Å². The first kappa shape index (κ1) is 18.3. The number of rotatable bonds is 7. The highest BCUT2D eigenvalue weighted by Gasteiger charge is 2.07. The van der Waals surface area contributed by atoms with Gasteiger partial charge >= 0.3 is 0 Å². The summed E-state index contributed by atoms with van der Waals surface area (Å²) in [6, 6.07) is 25.3. The molecular weight excluding hydrogens is 439 g/mol. The van der Waals surface area contributed by atoms with Crippen molar-refractivity contribution in [1.82, 2.24) is 0 Å². The van der Waals surface area contributed by atoms with E-state index in [0.717, 1.165) is 20.5 Å². The van der Waals surface area contributed by atoms with Crippen LogP contribution < -0.4 is 15.4 Å². The Bertz CT molecular complexity index is 851. The molecule has 132 valence electrons. The smallest absolute Gasteiger partial charge is 0.262 e. The lowest BCUT2D eigenvalue weighted by atomic mass is 10.2. The van der Waals surface area contributed by atoms with Gasteiger partial charge in [-0.15, -0.1) is 0 Å². The quantitative estimate of drug-likeness (QED) is 0.495. The van der Waals surface area contributed by atoms with E-state index < -0.39 is 0 Å². The number of nitrogens with one attached hydrogen (secondary N) is 2. The number of carbonyl (C=O) groups excluding carboxylic acids is 1. The molecule has 0 aliphatic heterocycles. The lowest BCUT2D eigenvalue weighted by Gasteiger charge is -2.13. The molecule has 1 amide bonds. The molecule has 0 aromatic heterocycles. The molecule has 26 heavy (non-hydrogen) atoms. The number of ether oxygens (including phenoxy) is 1. The summed E-state index contributed by atoms with van der Waals surface area (Å²) in [5.41, 5.74) is 2.80. The molecule has 0 aliphatic rings. The van der Waals surface area contributed by atoms with E-state index in [-0.39, 0.29) is 12.5 Å². The van der Waals surface area contributed by atoms with Gasteiger partial charge in [-0.2, -0.15) is 0 Å². The number of hydrogen-bond donors (Lipinski definition) is 2. The average molecular weight is 458 g/mol. The molecule has 0 atom stereocenters. The number of benzene rings is 3. The molecule has 3 aromatic rings. The topological polar surface area (TPSA) is 50.4 Å². The summed E-state index contributed by atoms with van der Waals surface area (Å²) in [6.45, 7) is 0.591. The molecule has 0 fully saturated rings. The van der Waals surface area contributed by atoms with Crippen molar-refractivity contribution < 1.29 is 9.53 Å². The second kappa shape index (κ2) is 9.24. The van der Waals surface area contributed by atoms with Crippen LogP contribution in [0.15, 0.2) is 78.9 Å². The fourth-order valence-corrected chi connectivity index (χ4v) is 2.78. The standard InChI is InChI=1S/C21H19IN2O2/c22-17-10-12-19(13-11-17)24-21(25)15-26-20-9-5-4-6-16(20)14-23-18-7-2-1-3-8-18/h1-13,23H,14-15H2,(H,24,25). The highest BCUT2D eigenvalue weighted by molar-refractivity contribution is 14.1. The SMILES string of the molecule is O=C(COc1ccccc1CNc1ccccc1)Nc1ccc(I)cc1. The Labute approximate surface area is 166 Å². The van der Waals surface area contributed by atoms with E-state index >= 15 is 0 Å². The maximum absolute atomic E-state index is 12.1. The second-order valence-electron chi connectivity index (χ2n) is 5.67. The highest BCUT2D eigenvalue weighted by Crippen LogP contribution is 2.20. The van der Waals surface area contributed by atoms with Crippen LogP contribution in [0.5, 0.6) is 5.75 Å². The first-order valence-corrected chi connectivity index (χ1v) is 9.33. The van der Waals surface area contributed by atoms with Gasteiger partial charge in [-0.3, -0.25) is 4.79 Å². The minimum Gasteiger partial charge on any atom is -0.483 e. The summed E-state index contributed by atoms with van der Waals surface area (Å²) in [5, 5.41) is 6.19. The molecule has 5 heteroatoms. The first-order valence-electron chi connectivity index (χ1n) is 8.26. The number of hydrogen-bond acceptors (Lipinski definition) is 3. The van der Waals surface area contributed by atoms with E-state index in [4.69, 9.17) is 4.74 Å². The van der Waals surface area contributed by atoms with Crippen LogP contribution in [-0.4, -0.2) is 12.5 Å². The lowest BCUT2D eigenvalue weighted by molar-refractivity contribution is -0.118. The number of halogens is 1. The Morgan fingerprint density at radius 3 is 2.31 bits per heavy atom. The van der Waals surface area contributed by atoms with Crippen molar-refractivity contribution in [3.8, 4) is 5.75 Å². The highest BCUT2D eigenvalue weighted by atomic mass is 127. The molecule has 3 aromatic carbocycles. The third-order valence-electron chi connectivity index (χ3n) is 3.72. The van der Waals surface area contributed by atoms with Gasteiger partial charge in [-0.25, -0.2) is 0 Å². The maximum Gasteiger partial charge on any atom is 0.262 e. The molecule has 0 unspecified atom stereocenters. The summed E-state index contributed by atoms with van der Waals surface area (Å²) in [7, 11) is 0. The molecule has 3 rings (SSSR count). The van der Waals surface area contributed by atoms with Crippen LogP contribution in [0, 0.1) is 3.57 Å². The number of amides is 1. The summed E-state index contributed by atoms with van der Waals surface area (Å²) < 4.78 is 6.85. The fourth-order valence-electron chi connectivity index (χ4n) is 2.42. The van der Waals surface area contributed by atoms with Crippen LogP contribution in [0.2, 0.25) is 0 Å². The van der Waals surface area contributed by atoms with E-state index in [1.165, 1.54) is 0 Å². The zero-order chi connectivity index (χ0) is 18.2. The fraction of sp³-hybridized carbons (Fsp3) is 0.0952. The first-order chi connectivity index (χ1) is 12.7. The van der Waals surface area contributed by atoms with Crippen LogP contribution in [0.1, 0.15) is 5.56 Å². The van der Waals surface area contributed by atoms with Gasteiger partial charge in [-0.1, -0.05) is 36.4 Å². The van der Waals surface area contributed by atoms with Gasteiger partial charge < -0.3 is 15.4 Å². The van der Waals surface area contributed by atoms with Gasteiger partial charge in [-0.05, 0) is 65.1 Å². The zero-order valence-corrected chi connectivity index (χ0v) is 16.3. The largest absolute Gasteiger partial charge is 0.483 e. The Morgan fingerprint density at radius 2 is 1.54 bits per heavy atom. The molecule has 0 saturated carbocycles. The van der Waals surface area contributed by atoms with Gasteiger partial charge in [0.05, 0.1) is 0 Å². The molecule has 0 heterocycles. The van der Waals surface area contributed by atoms with Crippen molar-refractivity contribution in [2.45, 2.75) is 6.54 Å². The molecule has 0 aliphatic carbocycles. The van der Waals surface area contributed by atoms with Crippen LogP contribution in [0.25, 0.3) is 0 Å². The van der Waals surface area contributed by atoms with Gasteiger partial charge in [0.1, 0.15) is 5.75 Å². The van der Waals surface area contributed by atoms with Crippen molar-refractivity contribution in [2.24, 2.45) is 0 Å². The van der Waals surface area contributed by atoms with Gasteiger partial charge in [0.2, 0.25) is 0 Å². The van der Waals surface area contributed by atoms with Crippen molar-refractivity contribution in [3.05, 3.63) is 88.0 Å². The number of anilines is 2. The predicted molar refractivity (Wildman–Crippen MR) is 113 cm³/mol. The summed E-state index contributed by atoms with van der Waals surface area (Å²) in [6.07, 6.45) is 0. The van der Waals surface area contributed by atoms with Gasteiger partial charge in [0.15, 0.2) is 6.61 Å². The van der Waals surface area contributed by atoms with E-state index in [1.807, 2.05) is 78.9 Å². The molecule has 2 N–H and O–H groups in total. The Morgan fingerprint density at radius 1 is 0.846 bits per heavy atom. The molecule has 0 spiro atoms. The molecule has 0 saturated heterocycles. The molecular formula is C21H19IN2O2. The summed E-state index contributed by atoms with van der Waals surface area (Å²) in [4.78, 5) is 12.1. The predicted octanol–water partition coefficient (Wildman–Crippen LogP) is 4.92. The van der Waals surface area contributed by atoms with Crippen LogP contribution >= 0.6 is 22.6 Å². The second-order valence-corrected chi connectivity index (χ2v) is 6.92. The van der Waals surface area contributed by atoms with Gasteiger partial charge in [0.25, 0.3) is 5.91 Å². The zero-order valence-electron chi connectivity index (χ0n) is 14.1. The monoisotopic (exact) mass is 458 g/mol. The molecule has 0 bridgehead atoms. The number of para-hydroxylation sites is 2. The minimum atomic E-state index is -0.183. The van der Waals surface area contributed by atoms with Crippen LogP contribution in [-0.2, 0) is 11.3 Å². The number of carbonyl (C=O) groups is 1. The lowest BCUT2D eigenvalue weighted by Crippen LogP contribution is -2.20. The maximum atomic E-state index is 12.1. The summed E-state index contributed by atoms with van der Waals surface area (Å²) in [5.74, 6) is 0.519. The van der Waals surface area contributed by atoms with Crippen molar-refractivity contribution in [2.75, 3.05) is 17.2 Å². The molecule has 0 radical (unpaired) electrons. The van der Waals surface area contributed by atoms with Crippen LogP contribution in [0.4, 0.5) is 11.4 Å². The van der Waals surface area contributed by atoms with Crippen LogP contribution in [0.3, 0.4) is 0 Å². The average Bonchev–Trinajstić information content (AvgIpc) is 2.68. The Kier molecular flexibility index (Phi) is 6.49. The van der Waals surface area contributed by atoms with Crippen molar-refractivity contribution in [3.63, 3.8) is 0 Å². The van der Waals surface area contributed by atoms with E-state index in [0.29, 0.717) is 12.3 Å². The third kappa shape index (κ3) is 5.49. The van der Waals surface area contributed by atoms with E-state index in [2.05, 4.69) is 33.2 Å². The van der Waals surface area contributed by atoms with Crippen molar-refractivity contribution in [1.29, 1.82) is 0 Å².